The lowest BCUT2D eigenvalue weighted by atomic mass is 10.1. The van der Waals surface area contributed by atoms with Gasteiger partial charge < -0.3 is 0 Å². The molecule has 1 aliphatic rings. The molecule has 158 valence electrons. The average molecular weight is 441 g/mol. The van der Waals surface area contributed by atoms with E-state index in [1.54, 1.807) is 38.1 Å². The second-order valence-corrected chi connectivity index (χ2v) is 11.0. The van der Waals surface area contributed by atoms with E-state index in [2.05, 4.69) is 4.72 Å². The summed E-state index contributed by atoms with van der Waals surface area (Å²) in [6, 6.07) is 9.36. The molecule has 0 aliphatic carbocycles. The van der Waals surface area contributed by atoms with Gasteiger partial charge in [-0.05, 0) is 68.0 Å². The van der Waals surface area contributed by atoms with E-state index in [0.717, 1.165) is 6.42 Å². The van der Waals surface area contributed by atoms with Crippen LogP contribution in [-0.2, 0) is 26.5 Å². The van der Waals surface area contributed by atoms with E-state index in [4.69, 9.17) is 0 Å². The zero-order valence-corrected chi connectivity index (χ0v) is 18.1. The Hall–Kier alpha value is -1.97. The van der Waals surface area contributed by atoms with Gasteiger partial charge in [-0.1, -0.05) is 18.2 Å². The number of anilines is 1. The Morgan fingerprint density at radius 1 is 1.10 bits per heavy atom. The van der Waals surface area contributed by atoms with E-state index < -0.39 is 20.0 Å². The summed E-state index contributed by atoms with van der Waals surface area (Å²) in [7, 11) is -7.19. The van der Waals surface area contributed by atoms with Crippen LogP contribution in [0.5, 0.6) is 0 Å². The van der Waals surface area contributed by atoms with Gasteiger partial charge in [-0.3, -0.25) is 4.31 Å². The highest BCUT2D eigenvalue weighted by Gasteiger charge is 2.28. The maximum atomic E-state index is 13.7. The van der Waals surface area contributed by atoms with Gasteiger partial charge in [-0.25, -0.2) is 25.9 Å². The second-order valence-electron chi connectivity index (χ2n) is 7.24. The smallest absolute Gasteiger partial charge is 0.240 e. The maximum Gasteiger partial charge on any atom is 0.240 e. The molecular weight excluding hydrogens is 415 g/mol. The van der Waals surface area contributed by atoms with Crippen molar-refractivity contribution in [2.75, 3.05) is 23.1 Å². The van der Waals surface area contributed by atoms with Crippen LogP contribution < -0.4 is 9.03 Å². The topological polar surface area (TPSA) is 83.6 Å². The highest BCUT2D eigenvalue weighted by Crippen LogP contribution is 2.31. The fraction of sp³-hybridized carbons (Fsp3) is 0.400. The molecule has 0 atom stereocenters. The summed E-state index contributed by atoms with van der Waals surface area (Å²) in [5, 5.41) is 0. The summed E-state index contributed by atoms with van der Waals surface area (Å²) in [6.45, 7) is 3.81. The molecule has 0 aromatic heterocycles. The van der Waals surface area contributed by atoms with Crippen molar-refractivity contribution < 1.29 is 21.2 Å². The maximum absolute atomic E-state index is 13.7. The summed E-state index contributed by atoms with van der Waals surface area (Å²) in [5.41, 5.74) is 2.00. The Bertz CT molecular complexity index is 1120. The number of hydrogen-bond acceptors (Lipinski definition) is 4. The molecule has 0 amide bonds. The number of nitrogens with one attached hydrogen (secondary N) is 1. The monoisotopic (exact) mass is 440 g/mol. The number of nitrogens with zero attached hydrogens (tertiary/aromatic N) is 1. The first-order chi connectivity index (χ1) is 13.6. The second kappa shape index (κ2) is 8.41. The van der Waals surface area contributed by atoms with Crippen LogP contribution >= 0.6 is 0 Å². The highest BCUT2D eigenvalue weighted by atomic mass is 32.2. The number of rotatable bonds is 6. The third-order valence-corrected chi connectivity index (χ3v) is 8.50. The van der Waals surface area contributed by atoms with Gasteiger partial charge in [0.25, 0.3) is 0 Å². The molecule has 1 N–H and O–H groups in total. The van der Waals surface area contributed by atoms with Gasteiger partial charge in [-0.2, -0.15) is 0 Å². The van der Waals surface area contributed by atoms with Crippen LogP contribution in [0.2, 0.25) is 0 Å². The van der Waals surface area contributed by atoms with Gasteiger partial charge in [0.15, 0.2) is 0 Å². The Kier molecular flexibility index (Phi) is 6.30. The Labute approximate surface area is 171 Å². The first-order valence-corrected chi connectivity index (χ1v) is 12.6. The van der Waals surface area contributed by atoms with Crippen molar-refractivity contribution in [2.24, 2.45) is 0 Å². The highest BCUT2D eigenvalue weighted by molar-refractivity contribution is 7.92. The Morgan fingerprint density at radius 3 is 2.52 bits per heavy atom. The summed E-state index contributed by atoms with van der Waals surface area (Å²) >= 11 is 0. The van der Waals surface area contributed by atoms with E-state index >= 15 is 0 Å². The van der Waals surface area contributed by atoms with E-state index in [1.807, 2.05) is 0 Å². The standard InChI is InChI=1S/C20H25FN2O4S2/c1-15-14-20(16(2)13-19(15)23-11-5-6-12-28(23,24)25)29(26,27)22-10-9-17-7-3-4-8-18(17)21/h3-4,7-8,13-14,22H,5-6,9-12H2,1-2H3. The predicted octanol–water partition coefficient (Wildman–Crippen LogP) is 2.89. The van der Waals surface area contributed by atoms with Crippen molar-refractivity contribution in [3.05, 3.63) is 58.9 Å². The lowest BCUT2D eigenvalue weighted by Crippen LogP contribution is -2.38. The quantitative estimate of drug-likeness (QED) is 0.749. The molecular formula is C20H25FN2O4S2. The van der Waals surface area contributed by atoms with Crippen molar-refractivity contribution in [3.8, 4) is 0 Å². The SMILES string of the molecule is Cc1cc(S(=O)(=O)NCCc2ccccc2F)c(C)cc1N1CCCCS1(=O)=O. The summed E-state index contributed by atoms with van der Waals surface area (Å²) in [6.07, 6.45) is 1.64. The fourth-order valence-electron chi connectivity index (χ4n) is 3.49. The molecule has 0 bridgehead atoms. The van der Waals surface area contributed by atoms with E-state index in [0.29, 0.717) is 35.3 Å². The number of hydrogen-bond donors (Lipinski definition) is 1. The summed E-state index contributed by atoms with van der Waals surface area (Å²) in [4.78, 5) is 0.0988. The van der Waals surface area contributed by atoms with E-state index in [9.17, 15) is 21.2 Å². The van der Waals surface area contributed by atoms with Crippen LogP contribution in [0.15, 0.2) is 41.3 Å². The number of halogens is 1. The molecule has 1 saturated heterocycles. The minimum absolute atomic E-state index is 0.0595. The predicted molar refractivity (Wildman–Crippen MR) is 112 cm³/mol. The van der Waals surface area contributed by atoms with Crippen molar-refractivity contribution in [2.45, 2.75) is 38.0 Å². The first-order valence-electron chi connectivity index (χ1n) is 9.46. The average Bonchev–Trinajstić information content (AvgIpc) is 2.64. The van der Waals surface area contributed by atoms with E-state index in [-0.39, 0.29) is 29.4 Å². The summed E-state index contributed by atoms with van der Waals surface area (Å²) < 4.78 is 67.9. The molecule has 29 heavy (non-hydrogen) atoms. The van der Waals surface area contributed by atoms with Crippen LogP contribution in [0, 0.1) is 19.7 Å². The normalized spacial score (nSPS) is 16.7. The Morgan fingerprint density at radius 2 is 1.83 bits per heavy atom. The van der Waals surface area contributed by atoms with Crippen LogP contribution in [-0.4, -0.2) is 35.7 Å². The molecule has 0 saturated carbocycles. The lowest BCUT2D eigenvalue weighted by Gasteiger charge is -2.30. The molecule has 3 rings (SSSR count). The number of benzene rings is 2. The van der Waals surface area contributed by atoms with Gasteiger partial charge in [0.2, 0.25) is 20.0 Å². The molecule has 2 aromatic carbocycles. The molecule has 9 heteroatoms. The van der Waals surface area contributed by atoms with Crippen LogP contribution in [0.1, 0.15) is 29.5 Å². The molecule has 0 spiro atoms. The van der Waals surface area contributed by atoms with Crippen molar-refractivity contribution in [1.82, 2.24) is 4.72 Å². The number of sulfonamides is 2. The van der Waals surface area contributed by atoms with Crippen molar-refractivity contribution >= 4 is 25.7 Å². The van der Waals surface area contributed by atoms with Gasteiger partial charge >= 0.3 is 0 Å². The lowest BCUT2D eigenvalue weighted by molar-refractivity contribution is 0.574. The molecule has 0 unspecified atom stereocenters. The molecule has 1 aliphatic heterocycles. The largest absolute Gasteiger partial charge is 0.270 e. The first kappa shape index (κ1) is 21.7. The summed E-state index contributed by atoms with van der Waals surface area (Å²) in [5.74, 6) is -0.269. The van der Waals surface area contributed by atoms with E-state index in [1.165, 1.54) is 16.4 Å². The van der Waals surface area contributed by atoms with Gasteiger partial charge in [-0.15, -0.1) is 0 Å². The molecule has 0 radical (unpaired) electrons. The molecule has 1 heterocycles. The van der Waals surface area contributed by atoms with Gasteiger partial charge in [0.1, 0.15) is 5.82 Å². The molecule has 2 aromatic rings. The fourth-order valence-corrected chi connectivity index (χ4v) is 6.53. The van der Waals surface area contributed by atoms with Crippen LogP contribution in [0.25, 0.3) is 0 Å². The molecule has 1 fully saturated rings. The van der Waals surface area contributed by atoms with Gasteiger partial charge in [0.05, 0.1) is 16.3 Å². The Balaban J connectivity index is 1.81. The molecule has 6 nitrogen and oxygen atoms in total. The van der Waals surface area contributed by atoms with Crippen LogP contribution in [0.3, 0.4) is 0 Å². The third-order valence-electron chi connectivity index (χ3n) is 5.05. The van der Waals surface area contributed by atoms with Crippen molar-refractivity contribution in [1.29, 1.82) is 0 Å². The van der Waals surface area contributed by atoms with Gasteiger partial charge in [0, 0.05) is 13.1 Å². The van der Waals surface area contributed by atoms with Crippen LogP contribution in [0.4, 0.5) is 10.1 Å². The minimum Gasteiger partial charge on any atom is -0.270 e. The minimum atomic E-state index is -3.81. The zero-order valence-electron chi connectivity index (χ0n) is 16.5. The third kappa shape index (κ3) is 4.79. The van der Waals surface area contributed by atoms with Crippen molar-refractivity contribution in [3.63, 3.8) is 0 Å². The number of aryl methyl sites for hydroxylation is 2. The zero-order chi connectivity index (χ0) is 21.2.